The van der Waals surface area contributed by atoms with Crippen LogP contribution in [0.3, 0.4) is 0 Å². The number of carbonyl (C=O) groups is 3. The molecular formula is C20H25N3O4. The van der Waals surface area contributed by atoms with Gasteiger partial charge in [0.15, 0.2) is 0 Å². The molecule has 144 valence electrons. The summed E-state index contributed by atoms with van der Waals surface area (Å²) in [6, 6.07) is 9.48. The molecule has 2 rings (SSSR count). The molecule has 0 unspecified atom stereocenters. The molecule has 1 saturated carbocycles. The van der Waals surface area contributed by atoms with Crippen LogP contribution in [0.5, 0.6) is 0 Å². The Labute approximate surface area is 158 Å². The fourth-order valence-electron chi connectivity index (χ4n) is 2.91. The maximum Gasteiger partial charge on any atom is 0.442 e. The summed E-state index contributed by atoms with van der Waals surface area (Å²) in [4.78, 5) is 42.6. The van der Waals surface area contributed by atoms with Crippen molar-refractivity contribution in [2.45, 2.75) is 52.6 Å². The largest absolute Gasteiger partial charge is 0.457 e. The smallest absolute Gasteiger partial charge is 0.442 e. The molecular weight excluding hydrogens is 346 g/mol. The maximum atomic E-state index is 13.3. The third-order valence-electron chi connectivity index (χ3n) is 4.62. The third-order valence-corrected chi connectivity index (χ3v) is 4.62. The molecule has 0 saturated heterocycles. The molecule has 0 atom stereocenters. The van der Waals surface area contributed by atoms with E-state index in [9.17, 15) is 14.4 Å². The van der Waals surface area contributed by atoms with Crippen LogP contribution < -0.4 is 0 Å². The van der Waals surface area contributed by atoms with Gasteiger partial charge in [0.2, 0.25) is 5.91 Å². The molecule has 27 heavy (non-hydrogen) atoms. The number of esters is 1. The lowest BCUT2D eigenvalue weighted by atomic mass is 9.92. The Bertz CT molecular complexity index is 785. The molecule has 1 aliphatic rings. The fraction of sp³-hybridized carbons (Fsp3) is 0.500. The van der Waals surface area contributed by atoms with Crippen molar-refractivity contribution in [2.24, 2.45) is 5.41 Å². The second-order valence-corrected chi connectivity index (χ2v) is 7.63. The number of rotatable bonds is 7. The number of ketones is 1. The monoisotopic (exact) mass is 371 g/mol. The summed E-state index contributed by atoms with van der Waals surface area (Å²) in [5.74, 6) is -2.17. The first-order valence-electron chi connectivity index (χ1n) is 8.97. The zero-order chi connectivity index (χ0) is 20.2. The lowest BCUT2D eigenvalue weighted by Gasteiger charge is -2.38. The highest BCUT2D eigenvalue weighted by molar-refractivity contribution is 6.65. The van der Waals surface area contributed by atoms with Gasteiger partial charge in [0.05, 0.1) is 6.61 Å². The first-order valence-corrected chi connectivity index (χ1v) is 8.97. The molecule has 0 aromatic heterocycles. The van der Waals surface area contributed by atoms with Crippen LogP contribution >= 0.6 is 0 Å². The van der Waals surface area contributed by atoms with Crippen LogP contribution in [0.25, 0.3) is 5.53 Å². The van der Waals surface area contributed by atoms with E-state index in [4.69, 9.17) is 10.3 Å². The standard InChI is InChI=1S/C20H25N3O4/c1-5-27-17(25)15(22-21)16(24)20(11-12-20)18(26)23(19(2,3)4)13-14-9-7-6-8-10-14/h6-10H,5,11-13H2,1-4H3. The molecule has 1 fully saturated rings. The number of hydrogen-bond donors (Lipinski definition) is 0. The van der Waals surface area contributed by atoms with Crippen molar-refractivity contribution in [2.75, 3.05) is 6.61 Å². The lowest BCUT2D eigenvalue weighted by molar-refractivity contribution is -0.148. The van der Waals surface area contributed by atoms with E-state index in [1.807, 2.05) is 51.1 Å². The highest BCUT2D eigenvalue weighted by Crippen LogP contribution is 2.49. The highest BCUT2D eigenvalue weighted by atomic mass is 16.5. The van der Waals surface area contributed by atoms with Gasteiger partial charge < -0.3 is 15.2 Å². The van der Waals surface area contributed by atoms with Gasteiger partial charge in [-0.3, -0.25) is 9.59 Å². The van der Waals surface area contributed by atoms with Crippen LogP contribution in [-0.2, 0) is 25.7 Å². The van der Waals surface area contributed by atoms with Gasteiger partial charge in [0, 0.05) is 12.1 Å². The second-order valence-electron chi connectivity index (χ2n) is 7.63. The number of hydrogen-bond acceptors (Lipinski definition) is 4. The van der Waals surface area contributed by atoms with E-state index in [2.05, 4.69) is 4.79 Å². The van der Waals surface area contributed by atoms with Crippen molar-refractivity contribution in [1.82, 2.24) is 4.90 Å². The van der Waals surface area contributed by atoms with E-state index >= 15 is 0 Å². The number of amides is 1. The van der Waals surface area contributed by atoms with Gasteiger partial charge >= 0.3 is 11.7 Å². The van der Waals surface area contributed by atoms with Gasteiger partial charge in [-0.2, -0.15) is 4.79 Å². The second kappa shape index (κ2) is 7.84. The summed E-state index contributed by atoms with van der Waals surface area (Å²) in [5, 5.41) is 0. The number of nitrogens with zero attached hydrogens (tertiary/aromatic N) is 3. The van der Waals surface area contributed by atoms with Crippen LogP contribution in [0.15, 0.2) is 30.3 Å². The van der Waals surface area contributed by atoms with Crippen LogP contribution in [-0.4, -0.2) is 45.2 Å². The number of carbonyl (C=O) groups excluding carboxylic acids is 3. The predicted octanol–water partition coefficient (Wildman–Crippen LogP) is 2.40. The van der Waals surface area contributed by atoms with Gasteiger partial charge in [-0.25, -0.2) is 4.79 Å². The van der Waals surface area contributed by atoms with E-state index in [0.717, 1.165) is 5.56 Å². The Morgan fingerprint density at radius 1 is 1.19 bits per heavy atom. The summed E-state index contributed by atoms with van der Waals surface area (Å²) in [6.07, 6.45) is 0.620. The molecule has 1 aliphatic carbocycles. The summed E-state index contributed by atoms with van der Waals surface area (Å²) in [6.45, 7) is 7.62. The topological polar surface area (TPSA) is 100 Å². The van der Waals surface area contributed by atoms with E-state index < -0.39 is 28.4 Å². The van der Waals surface area contributed by atoms with Gasteiger partial charge in [-0.1, -0.05) is 30.3 Å². The molecule has 1 amide bonds. The minimum atomic E-state index is -1.36. The van der Waals surface area contributed by atoms with E-state index in [-0.39, 0.29) is 12.5 Å². The molecule has 0 bridgehead atoms. The van der Waals surface area contributed by atoms with Gasteiger partial charge in [0.25, 0.3) is 5.78 Å². The van der Waals surface area contributed by atoms with Gasteiger partial charge in [-0.15, -0.1) is 0 Å². The summed E-state index contributed by atoms with van der Waals surface area (Å²) < 4.78 is 4.77. The van der Waals surface area contributed by atoms with Crippen LogP contribution in [0.4, 0.5) is 0 Å². The Morgan fingerprint density at radius 3 is 2.22 bits per heavy atom. The quantitative estimate of drug-likeness (QED) is 0.241. The molecule has 7 heteroatoms. The van der Waals surface area contributed by atoms with Crippen molar-refractivity contribution < 1.29 is 23.9 Å². The minimum absolute atomic E-state index is 0.0359. The average Bonchev–Trinajstić information content (AvgIpc) is 3.42. The molecule has 0 heterocycles. The molecule has 0 spiro atoms. The Hall–Kier alpha value is -2.79. The van der Waals surface area contributed by atoms with Gasteiger partial charge in [-0.05, 0) is 46.1 Å². The third kappa shape index (κ3) is 4.31. The first kappa shape index (κ1) is 20.5. The lowest BCUT2D eigenvalue weighted by Crippen LogP contribution is -2.51. The maximum absolute atomic E-state index is 13.3. The van der Waals surface area contributed by atoms with Gasteiger partial charge in [0.1, 0.15) is 5.41 Å². The summed E-state index contributed by atoms with van der Waals surface area (Å²) >= 11 is 0. The van der Waals surface area contributed by atoms with E-state index in [1.165, 1.54) is 0 Å². The zero-order valence-electron chi connectivity index (χ0n) is 16.2. The number of benzene rings is 1. The van der Waals surface area contributed by atoms with Crippen LogP contribution in [0.2, 0.25) is 0 Å². The van der Waals surface area contributed by atoms with Crippen LogP contribution in [0, 0.1) is 5.41 Å². The molecule has 7 nitrogen and oxygen atoms in total. The summed E-state index contributed by atoms with van der Waals surface area (Å²) in [7, 11) is 0. The molecule has 1 aromatic rings. The Kier molecular flexibility index (Phi) is 5.96. The normalized spacial score (nSPS) is 14.7. The van der Waals surface area contributed by atoms with E-state index in [1.54, 1.807) is 11.8 Å². The summed E-state index contributed by atoms with van der Waals surface area (Å²) in [5.41, 5.74) is 7.45. The minimum Gasteiger partial charge on any atom is -0.457 e. The van der Waals surface area contributed by atoms with E-state index in [0.29, 0.717) is 19.4 Å². The molecule has 0 aliphatic heterocycles. The SMILES string of the molecule is CCOC(=O)C(=[N+]=[N-])C(=O)C1(C(=O)N(Cc2ccccc2)C(C)(C)C)CC1. The fourth-order valence-corrected chi connectivity index (χ4v) is 2.91. The van der Waals surface area contributed by atoms with Crippen molar-refractivity contribution in [3.05, 3.63) is 41.4 Å². The number of Topliss-reactive ketones (excluding diaryl/α,β-unsaturated/α-hetero) is 1. The molecule has 0 N–H and O–H groups in total. The van der Waals surface area contributed by atoms with Crippen molar-refractivity contribution in [3.8, 4) is 0 Å². The molecule has 0 radical (unpaired) electrons. The Balaban J connectivity index is 2.32. The van der Waals surface area contributed by atoms with Crippen molar-refractivity contribution >= 4 is 23.4 Å². The molecule has 1 aromatic carbocycles. The predicted molar refractivity (Wildman–Crippen MR) is 98.7 cm³/mol. The zero-order valence-corrected chi connectivity index (χ0v) is 16.2. The Morgan fingerprint density at radius 2 is 1.78 bits per heavy atom. The average molecular weight is 371 g/mol. The first-order chi connectivity index (χ1) is 12.7. The highest BCUT2D eigenvalue weighted by Gasteiger charge is 2.63. The van der Waals surface area contributed by atoms with Crippen LogP contribution in [0.1, 0.15) is 46.1 Å². The van der Waals surface area contributed by atoms with Crippen molar-refractivity contribution in [3.63, 3.8) is 0 Å². The van der Waals surface area contributed by atoms with Crippen molar-refractivity contribution in [1.29, 1.82) is 0 Å². The number of ether oxygens (including phenoxy) is 1.